The van der Waals surface area contributed by atoms with Crippen LogP contribution < -0.4 is 0 Å². The lowest BCUT2D eigenvalue weighted by atomic mass is 10.4. The van der Waals surface area contributed by atoms with Crippen LogP contribution in [0.4, 0.5) is 4.39 Å². The second-order valence-corrected chi connectivity index (χ2v) is 3.70. The van der Waals surface area contributed by atoms with Gasteiger partial charge in [-0.2, -0.15) is 0 Å². The number of aliphatic hydroxyl groups excluding tert-OH is 1. The smallest absolute Gasteiger partial charge is 0.153 e. The Morgan fingerprint density at radius 1 is 1.78 bits per heavy atom. The van der Waals surface area contributed by atoms with Crippen LogP contribution in [0.3, 0.4) is 0 Å². The summed E-state index contributed by atoms with van der Waals surface area (Å²) in [6.45, 7) is -0.228. The predicted molar refractivity (Wildman–Crippen MR) is 37.9 cm³/mol. The van der Waals surface area contributed by atoms with Gasteiger partial charge in [-0.3, -0.25) is 0 Å². The number of hydrogen-bond acceptors (Lipinski definition) is 2. The fraction of sp³-hybridized carbons (Fsp3) is 0.200. The minimum atomic E-state index is -0.345. The molecular weight excluding hydrogens is 207 g/mol. The SMILES string of the molecule is OCc1csc(Br)c1F. The first kappa shape index (κ1) is 7.18. The highest BCUT2D eigenvalue weighted by Gasteiger charge is 2.06. The van der Waals surface area contributed by atoms with Crippen molar-refractivity contribution in [3.05, 3.63) is 20.5 Å². The third kappa shape index (κ3) is 1.31. The molecule has 9 heavy (non-hydrogen) atoms. The van der Waals surface area contributed by atoms with Crippen LogP contribution in [0.1, 0.15) is 5.56 Å². The number of halogens is 2. The van der Waals surface area contributed by atoms with Crippen LogP contribution in [0.15, 0.2) is 9.17 Å². The van der Waals surface area contributed by atoms with Gasteiger partial charge in [0.1, 0.15) is 3.79 Å². The maximum absolute atomic E-state index is 12.6. The Bertz CT molecular complexity index is 211. The quantitative estimate of drug-likeness (QED) is 0.754. The zero-order chi connectivity index (χ0) is 6.85. The maximum Gasteiger partial charge on any atom is 0.153 e. The third-order valence-corrected chi connectivity index (χ3v) is 2.63. The molecule has 0 radical (unpaired) electrons. The van der Waals surface area contributed by atoms with E-state index in [1.165, 1.54) is 11.3 Å². The van der Waals surface area contributed by atoms with Crippen molar-refractivity contribution in [2.24, 2.45) is 0 Å². The molecule has 1 nitrogen and oxygen atoms in total. The van der Waals surface area contributed by atoms with Crippen LogP contribution in [-0.2, 0) is 6.61 Å². The van der Waals surface area contributed by atoms with Crippen molar-refractivity contribution in [1.82, 2.24) is 0 Å². The minimum Gasteiger partial charge on any atom is -0.392 e. The summed E-state index contributed by atoms with van der Waals surface area (Å²) < 4.78 is 13.0. The molecule has 0 unspecified atom stereocenters. The molecular formula is C5H4BrFOS. The van der Waals surface area contributed by atoms with E-state index in [9.17, 15) is 4.39 Å². The standard InChI is InChI=1S/C5H4BrFOS/c6-5-4(7)3(1-8)2-9-5/h2,8H,1H2. The molecule has 0 aliphatic carbocycles. The summed E-state index contributed by atoms with van der Waals surface area (Å²) in [7, 11) is 0. The van der Waals surface area contributed by atoms with E-state index in [1.54, 1.807) is 5.38 Å². The van der Waals surface area contributed by atoms with E-state index in [1.807, 2.05) is 0 Å². The molecule has 0 spiro atoms. The molecule has 4 heteroatoms. The minimum absolute atomic E-state index is 0.228. The highest BCUT2D eigenvalue weighted by atomic mass is 79.9. The molecule has 1 N–H and O–H groups in total. The summed E-state index contributed by atoms with van der Waals surface area (Å²) in [5, 5.41) is 10.1. The predicted octanol–water partition coefficient (Wildman–Crippen LogP) is 2.14. The number of hydrogen-bond donors (Lipinski definition) is 1. The number of aliphatic hydroxyl groups is 1. The average Bonchev–Trinajstić information content (AvgIpc) is 2.15. The molecule has 0 bridgehead atoms. The van der Waals surface area contributed by atoms with Gasteiger partial charge in [-0.1, -0.05) is 0 Å². The summed E-state index contributed by atoms with van der Waals surface area (Å²) in [4.78, 5) is 0. The monoisotopic (exact) mass is 210 g/mol. The van der Waals surface area contributed by atoms with E-state index in [0.717, 1.165) is 0 Å². The van der Waals surface area contributed by atoms with Gasteiger partial charge in [0.25, 0.3) is 0 Å². The van der Waals surface area contributed by atoms with Crippen LogP contribution >= 0.6 is 27.3 Å². The van der Waals surface area contributed by atoms with E-state index in [-0.39, 0.29) is 12.4 Å². The second kappa shape index (κ2) is 2.77. The first-order valence-corrected chi connectivity index (χ1v) is 3.95. The molecule has 0 aliphatic rings. The molecule has 0 aliphatic heterocycles. The van der Waals surface area contributed by atoms with Crippen molar-refractivity contribution in [3.63, 3.8) is 0 Å². The topological polar surface area (TPSA) is 20.2 Å². The van der Waals surface area contributed by atoms with Crippen molar-refractivity contribution in [1.29, 1.82) is 0 Å². The summed E-state index contributed by atoms with van der Waals surface area (Å²) in [5.41, 5.74) is 0.354. The Kier molecular flexibility index (Phi) is 2.21. The van der Waals surface area contributed by atoms with Crippen molar-refractivity contribution >= 4 is 27.3 Å². The van der Waals surface area contributed by atoms with Gasteiger partial charge >= 0.3 is 0 Å². The van der Waals surface area contributed by atoms with Crippen molar-refractivity contribution in [2.75, 3.05) is 0 Å². The van der Waals surface area contributed by atoms with Gasteiger partial charge in [-0.15, -0.1) is 11.3 Å². The third-order valence-electron chi connectivity index (χ3n) is 0.929. The van der Waals surface area contributed by atoms with Gasteiger partial charge < -0.3 is 5.11 Å². The maximum atomic E-state index is 12.6. The first-order valence-electron chi connectivity index (χ1n) is 2.28. The van der Waals surface area contributed by atoms with E-state index in [0.29, 0.717) is 9.35 Å². The van der Waals surface area contributed by atoms with Crippen molar-refractivity contribution < 1.29 is 9.50 Å². The van der Waals surface area contributed by atoms with Gasteiger partial charge in [0, 0.05) is 10.9 Å². The highest BCUT2D eigenvalue weighted by molar-refractivity contribution is 9.11. The Morgan fingerprint density at radius 2 is 2.44 bits per heavy atom. The van der Waals surface area contributed by atoms with Crippen LogP contribution in [0, 0.1) is 5.82 Å². The normalized spacial score (nSPS) is 10.1. The van der Waals surface area contributed by atoms with Crippen LogP contribution in [0.5, 0.6) is 0 Å². The van der Waals surface area contributed by atoms with Gasteiger partial charge in [-0.25, -0.2) is 4.39 Å². The van der Waals surface area contributed by atoms with Crippen molar-refractivity contribution in [3.8, 4) is 0 Å². The fourth-order valence-electron chi connectivity index (χ4n) is 0.459. The molecule has 0 fully saturated rings. The summed E-state index contributed by atoms with van der Waals surface area (Å²) in [5.74, 6) is -0.345. The number of rotatable bonds is 1. The van der Waals surface area contributed by atoms with Gasteiger partial charge in [0.05, 0.1) is 6.61 Å². The van der Waals surface area contributed by atoms with Crippen LogP contribution in [0.25, 0.3) is 0 Å². The van der Waals surface area contributed by atoms with Crippen LogP contribution in [0.2, 0.25) is 0 Å². The Hall–Kier alpha value is 0.0700. The molecule has 0 atom stereocenters. The highest BCUT2D eigenvalue weighted by Crippen LogP contribution is 2.25. The lowest BCUT2D eigenvalue weighted by molar-refractivity contribution is 0.276. The summed E-state index contributed by atoms with van der Waals surface area (Å²) in [6, 6.07) is 0. The van der Waals surface area contributed by atoms with Gasteiger partial charge in [0.2, 0.25) is 0 Å². The lowest BCUT2D eigenvalue weighted by Crippen LogP contribution is -1.81. The molecule has 1 aromatic heterocycles. The Balaban J connectivity index is 3.04. The van der Waals surface area contributed by atoms with E-state index < -0.39 is 0 Å². The van der Waals surface area contributed by atoms with Gasteiger partial charge in [0.15, 0.2) is 5.82 Å². The van der Waals surface area contributed by atoms with Gasteiger partial charge in [-0.05, 0) is 15.9 Å². The van der Waals surface area contributed by atoms with Crippen molar-refractivity contribution in [2.45, 2.75) is 6.61 Å². The zero-order valence-corrected chi connectivity index (χ0v) is 6.80. The Morgan fingerprint density at radius 3 is 2.67 bits per heavy atom. The Labute approximate surface area is 64.3 Å². The molecule has 0 aromatic carbocycles. The second-order valence-electron chi connectivity index (χ2n) is 1.51. The largest absolute Gasteiger partial charge is 0.392 e. The molecule has 50 valence electrons. The zero-order valence-electron chi connectivity index (χ0n) is 4.40. The van der Waals surface area contributed by atoms with E-state index in [4.69, 9.17) is 5.11 Å². The van der Waals surface area contributed by atoms with E-state index in [2.05, 4.69) is 15.9 Å². The molecule has 1 heterocycles. The summed E-state index contributed by atoms with van der Waals surface area (Å²) in [6.07, 6.45) is 0. The fourth-order valence-corrected chi connectivity index (χ4v) is 1.65. The molecule has 0 amide bonds. The lowest BCUT2D eigenvalue weighted by Gasteiger charge is -1.86. The van der Waals surface area contributed by atoms with E-state index >= 15 is 0 Å². The molecule has 1 rings (SSSR count). The van der Waals surface area contributed by atoms with Crippen LogP contribution in [-0.4, -0.2) is 5.11 Å². The first-order chi connectivity index (χ1) is 4.25. The number of thiophene rings is 1. The average molecular weight is 211 g/mol. The summed E-state index contributed by atoms with van der Waals surface area (Å²) >= 11 is 4.23. The molecule has 0 saturated carbocycles. The molecule has 1 aromatic rings. The molecule has 0 saturated heterocycles.